The van der Waals surface area contributed by atoms with Crippen molar-refractivity contribution >= 4 is 11.7 Å². The summed E-state index contributed by atoms with van der Waals surface area (Å²) in [5.41, 5.74) is 3.56. The van der Waals surface area contributed by atoms with Crippen LogP contribution in [-0.4, -0.2) is 22.4 Å². The molecule has 0 unspecified atom stereocenters. The molecule has 7 heteroatoms. The quantitative estimate of drug-likeness (QED) is 0.734. The van der Waals surface area contributed by atoms with Crippen molar-refractivity contribution < 1.29 is 13.6 Å². The molecule has 2 N–H and O–H groups in total. The molecule has 5 nitrogen and oxygen atoms in total. The summed E-state index contributed by atoms with van der Waals surface area (Å²) in [5, 5.41) is 5.98. The van der Waals surface area contributed by atoms with Gasteiger partial charge in [-0.2, -0.15) is 0 Å². The van der Waals surface area contributed by atoms with E-state index in [1.54, 1.807) is 6.07 Å². The average Bonchev–Trinajstić information content (AvgIpc) is 3.28. The van der Waals surface area contributed by atoms with Gasteiger partial charge in [-0.25, -0.2) is 18.7 Å². The summed E-state index contributed by atoms with van der Waals surface area (Å²) >= 11 is 0. The van der Waals surface area contributed by atoms with Crippen LogP contribution in [0.4, 0.5) is 14.6 Å². The van der Waals surface area contributed by atoms with E-state index in [1.807, 2.05) is 12.1 Å². The fourth-order valence-electron chi connectivity index (χ4n) is 3.82. The first kappa shape index (κ1) is 16.8. The number of rotatable bonds is 3. The van der Waals surface area contributed by atoms with Crippen LogP contribution in [0.15, 0.2) is 36.4 Å². The van der Waals surface area contributed by atoms with Gasteiger partial charge in [0.25, 0.3) is 5.91 Å². The van der Waals surface area contributed by atoms with Crippen LogP contribution >= 0.6 is 0 Å². The fraction of sp³-hybridized carbons (Fsp3) is 0.190. The predicted octanol–water partition coefficient (Wildman–Crippen LogP) is 3.22. The fourth-order valence-corrected chi connectivity index (χ4v) is 3.82. The van der Waals surface area contributed by atoms with Crippen LogP contribution < -0.4 is 10.6 Å². The van der Waals surface area contributed by atoms with Crippen molar-refractivity contribution in [1.29, 1.82) is 0 Å². The molecule has 0 saturated carbocycles. The van der Waals surface area contributed by atoms with Gasteiger partial charge >= 0.3 is 0 Å². The lowest BCUT2D eigenvalue weighted by atomic mass is 9.98. The third kappa shape index (κ3) is 2.70. The molecule has 0 fully saturated rings. The standard InChI is InChI=1S/C21H16F2N4O/c22-14-2-1-3-15(23)19(14)16-9-12(18-17(27-16)10-25-21(18)28)8-13-5-4-11-6-7-24-20(11)26-13/h1-5,9H,6-8,10H2,(H,24,26)(H,25,28). The maximum atomic E-state index is 14.3. The molecule has 5 rings (SSSR count). The highest BCUT2D eigenvalue weighted by Crippen LogP contribution is 2.30. The molecule has 2 aromatic heterocycles. The smallest absolute Gasteiger partial charge is 0.253 e. The molecular formula is C21H16F2N4O. The largest absolute Gasteiger partial charge is 0.370 e. The molecule has 0 radical (unpaired) electrons. The lowest BCUT2D eigenvalue weighted by molar-refractivity contribution is 0.0965. The number of amides is 1. The Morgan fingerprint density at radius 2 is 1.82 bits per heavy atom. The van der Waals surface area contributed by atoms with Gasteiger partial charge in [-0.1, -0.05) is 12.1 Å². The number of benzene rings is 1. The number of anilines is 1. The number of aromatic nitrogens is 2. The first-order valence-electron chi connectivity index (χ1n) is 9.08. The predicted molar refractivity (Wildman–Crippen MR) is 100.0 cm³/mol. The molecule has 1 aromatic carbocycles. The second-order valence-electron chi connectivity index (χ2n) is 6.93. The van der Waals surface area contributed by atoms with Crippen LogP contribution in [-0.2, 0) is 19.4 Å². The second kappa shape index (κ2) is 6.37. The summed E-state index contributed by atoms with van der Waals surface area (Å²) in [7, 11) is 0. The number of halogens is 2. The van der Waals surface area contributed by atoms with Crippen molar-refractivity contribution in [2.24, 2.45) is 0 Å². The van der Waals surface area contributed by atoms with Crippen molar-refractivity contribution in [3.8, 4) is 11.3 Å². The molecule has 2 aliphatic heterocycles. The lowest BCUT2D eigenvalue weighted by Gasteiger charge is -2.11. The number of pyridine rings is 2. The lowest BCUT2D eigenvalue weighted by Crippen LogP contribution is -2.14. The van der Waals surface area contributed by atoms with Gasteiger partial charge in [-0.3, -0.25) is 4.79 Å². The van der Waals surface area contributed by atoms with Crippen LogP contribution in [0.3, 0.4) is 0 Å². The van der Waals surface area contributed by atoms with Gasteiger partial charge in [-0.05, 0) is 41.8 Å². The highest BCUT2D eigenvalue weighted by molar-refractivity contribution is 5.99. The molecule has 4 heterocycles. The number of nitrogens with one attached hydrogen (secondary N) is 2. The number of nitrogens with zero attached hydrogens (tertiary/aromatic N) is 2. The van der Waals surface area contributed by atoms with E-state index in [2.05, 4.69) is 20.6 Å². The average molecular weight is 378 g/mol. The van der Waals surface area contributed by atoms with Crippen LogP contribution in [0.1, 0.15) is 32.9 Å². The zero-order chi connectivity index (χ0) is 19.3. The van der Waals surface area contributed by atoms with Crippen LogP contribution in [0.2, 0.25) is 0 Å². The molecular weight excluding hydrogens is 362 g/mol. The van der Waals surface area contributed by atoms with Crippen LogP contribution in [0.5, 0.6) is 0 Å². The third-order valence-corrected chi connectivity index (χ3v) is 5.13. The number of hydrogen-bond acceptors (Lipinski definition) is 4. The van der Waals surface area contributed by atoms with Gasteiger partial charge in [0.15, 0.2) is 0 Å². The van der Waals surface area contributed by atoms with Gasteiger partial charge in [-0.15, -0.1) is 0 Å². The van der Waals surface area contributed by atoms with E-state index in [9.17, 15) is 13.6 Å². The van der Waals surface area contributed by atoms with E-state index in [0.717, 1.165) is 30.0 Å². The minimum absolute atomic E-state index is 0.181. The maximum absolute atomic E-state index is 14.3. The van der Waals surface area contributed by atoms with Crippen molar-refractivity contribution in [2.45, 2.75) is 19.4 Å². The van der Waals surface area contributed by atoms with E-state index >= 15 is 0 Å². The monoisotopic (exact) mass is 378 g/mol. The first-order valence-corrected chi connectivity index (χ1v) is 9.08. The highest BCUT2D eigenvalue weighted by atomic mass is 19.1. The van der Waals surface area contributed by atoms with Gasteiger partial charge < -0.3 is 10.6 Å². The van der Waals surface area contributed by atoms with Crippen molar-refractivity contribution in [2.75, 3.05) is 11.9 Å². The minimum atomic E-state index is -0.685. The van der Waals surface area contributed by atoms with E-state index in [1.165, 1.54) is 18.2 Å². The molecule has 1 amide bonds. The van der Waals surface area contributed by atoms with E-state index in [0.29, 0.717) is 23.2 Å². The molecule has 3 aromatic rings. The summed E-state index contributed by atoms with van der Waals surface area (Å²) < 4.78 is 28.6. The van der Waals surface area contributed by atoms with Gasteiger partial charge in [0.05, 0.1) is 29.1 Å². The molecule has 140 valence electrons. The zero-order valence-corrected chi connectivity index (χ0v) is 14.9. The Morgan fingerprint density at radius 3 is 2.64 bits per heavy atom. The van der Waals surface area contributed by atoms with Gasteiger partial charge in [0.1, 0.15) is 17.5 Å². The normalized spacial score (nSPS) is 14.4. The molecule has 0 saturated heterocycles. The van der Waals surface area contributed by atoms with Crippen molar-refractivity contribution in [1.82, 2.24) is 15.3 Å². The molecule has 2 aliphatic rings. The molecule has 0 bridgehead atoms. The molecule has 0 spiro atoms. The Bertz CT molecular complexity index is 1110. The first-order chi connectivity index (χ1) is 13.6. The van der Waals surface area contributed by atoms with Crippen LogP contribution in [0.25, 0.3) is 11.3 Å². The maximum Gasteiger partial charge on any atom is 0.253 e. The van der Waals surface area contributed by atoms with Gasteiger partial charge in [0, 0.05) is 18.7 Å². The summed E-state index contributed by atoms with van der Waals surface area (Å²) in [4.78, 5) is 21.3. The van der Waals surface area contributed by atoms with Crippen molar-refractivity contribution in [3.05, 3.63) is 76.1 Å². The van der Waals surface area contributed by atoms with Gasteiger partial charge in [0.2, 0.25) is 0 Å². The van der Waals surface area contributed by atoms with E-state index in [4.69, 9.17) is 0 Å². The summed E-state index contributed by atoms with van der Waals surface area (Å²) in [6.07, 6.45) is 1.31. The summed E-state index contributed by atoms with van der Waals surface area (Å²) in [5.74, 6) is -0.739. The van der Waals surface area contributed by atoms with E-state index in [-0.39, 0.29) is 23.7 Å². The number of hydrogen-bond donors (Lipinski definition) is 2. The second-order valence-corrected chi connectivity index (χ2v) is 6.93. The third-order valence-electron chi connectivity index (χ3n) is 5.13. The number of carbonyl (C=O) groups is 1. The molecule has 0 atom stereocenters. The SMILES string of the molecule is O=C1NCc2nc(-c3c(F)cccc3F)cc(Cc3ccc4c(n3)NCC4)c21. The Morgan fingerprint density at radius 1 is 1.00 bits per heavy atom. The summed E-state index contributed by atoms with van der Waals surface area (Å²) in [6, 6.07) is 9.25. The number of fused-ring (bicyclic) bond motifs is 2. The topological polar surface area (TPSA) is 66.9 Å². The zero-order valence-electron chi connectivity index (χ0n) is 14.9. The Hall–Kier alpha value is -3.35. The Balaban J connectivity index is 1.63. The minimum Gasteiger partial charge on any atom is -0.370 e. The van der Waals surface area contributed by atoms with E-state index < -0.39 is 11.6 Å². The Labute approximate surface area is 159 Å². The highest BCUT2D eigenvalue weighted by Gasteiger charge is 2.27. The van der Waals surface area contributed by atoms with Crippen molar-refractivity contribution in [3.63, 3.8) is 0 Å². The molecule has 0 aliphatic carbocycles. The van der Waals surface area contributed by atoms with Crippen LogP contribution in [0, 0.1) is 11.6 Å². The molecule has 28 heavy (non-hydrogen) atoms. The number of carbonyl (C=O) groups excluding carboxylic acids is 1. The summed E-state index contributed by atoms with van der Waals surface area (Å²) in [6.45, 7) is 1.10. The Kier molecular flexibility index (Phi) is 3.82.